The van der Waals surface area contributed by atoms with Gasteiger partial charge >= 0.3 is 0 Å². The lowest BCUT2D eigenvalue weighted by molar-refractivity contribution is 0.0917. The molecule has 164 valence electrons. The van der Waals surface area contributed by atoms with Gasteiger partial charge < -0.3 is 5.32 Å². The first-order valence-corrected chi connectivity index (χ1v) is 11.8. The van der Waals surface area contributed by atoms with E-state index in [1.54, 1.807) is 59.9 Å². The maximum atomic E-state index is 13.5. The van der Waals surface area contributed by atoms with E-state index in [2.05, 4.69) is 10.4 Å². The van der Waals surface area contributed by atoms with Crippen molar-refractivity contribution in [3.63, 3.8) is 0 Å². The number of hydrogen-bond donors (Lipinski definition) is 1. The molecular formula is C22H20FN5O3S. The van der Waals surface area contributed by atoms with Crippen LogP contribution in [0.2, 0.25) is 0 Å². The molecular weight excluding hydrogens is 433 g/mol. The van der Waals surface area contributed by atoms with Gasteiger partial charge in [-0.3, -0.25) is 9.48 Å². The van der Waals surface area contributed by atoms with Crippen molar-refractivity contribution in [3.8, 4) is 17.1 Å². The third-order valence-corrected chi connectivity index (χ3v) is 7.72. The van der Waals surface area contributed by atoms with Crippen LogP contribution in [0.3, 0.4) is 0 Å². The molecule has 2 aromatic heterocycles. The second-order valence-corrected chi connectivity index (χ2v) is 10.4. The van der Waals surface area contributed by atoms with Gasteiger partial charge in [-0.25, -0.2) is 17.5 Å². The minimum absolute atomic E-state index is 0.0762. The Balaban J connectivity index is 1.61. The van der Waals surface area contributed by atoms with E-state index in [0.29, 0.717) is 22.2 Å². The normalized spacial score (nSPS) is 16.6. The summed E-state index contributed by atoms with van der Waals surface area (Å²) in [6.45, 7) is 1.72. The predicted octanol–water partition coefficient (Wildman–Crippen LogP) is 2.48. The van der Waals surface area contributed by atoms with Crippen LogP contribution in [-0.2, 0) is 16.9 Å². The Kier molecular flexibility index (Phi) is 4.45. The maximum absolute atomic E-state index is 13.5. The second-order valence-electron chi connectivity index (χ2n) is 8.36. The van der Waals surface area contributed by atoms with Crippen LogP contribution in [0.25, 0.3) is 28.0 Å². The second kappa shape index (κ2) is 6.99. The van der Waals surface area contributed by atoms with Crippen molar-refractivity contribution < 1.29 is 17.6 Å². The molecule has 1 aliphatic rings. The molecule has 0 unspecified atom stereocenters. The number of amides is 1. The number of nitrogens with one attached hydrogen (secondary N) is 1. The quantitative estimate of drug-likeness (QED) is 0.512. The van der Waals surface area contributed by atoms with Gasteiger partial charge in [0.15, 0.2) is 15.7 Å². The summed E-state index contributed by atoms with van der Waals surface area (Å²) in [6.07, 6.45) is 1.66. The van der Waals surface area contributed by atoms with Gasteiger partial charge in [-0.15, -0.1) is 0 Å². The molecule has 1 aliphatic heterocycles. The third-order valence-electron chi connectivity index (χ3n) is 5.56. The standard InChI is InChI=1S/C22H20FN5O3S/c1-22(12-32(30,31)13-22)25-21(29)15-5-8-18-17(11-15)20(14-3-6-16(23)7-4-14)26-28(18)19-9-10-24-27(19)2/h3-11H,12-13H2,1-2H3,(H,25,29). The van der Waals surface area contributed by atoms with Gasteiger partial charge in [-0.05, 0) is 49.4 Å². The highest BCUT2D eigenvalue weighted by Gasteiger charge is 2.45. The van der Waals surface area contributed by atoms with Gasteiger partial charge in [-0.2, -0.15) is 10.2 Å². The molecule has 0 aliphatic carbocycles. The number of aryl methyl sites for hydroxylation is 1. The zero-order valence-electron chi connectivity index (χ0n) is 17.4. The van der Waals surface area contributed by atoms with Crippen LogP contribution in [0.5, 0.6) is 0 Å². The Hall–Kier alpha value is -3.53. The molecule has 0 saturated carbocycles. The average Bonchev–Trinajstić information content (AvgIpc) is 3.29. The van der Waals surface area contributed by atoms with Crippen LogP contribution in [0.4, 0.5) is 4.39 Å². The van der Waals surface area contributed by atoms with Gasteiger partial charge in [0.05, 0.1) is 28.8 Å². The summed E-state index contributed by atoms with van der Waals surface area (Å²) in [4.78, 5) is 12.9. The van der Waals surface area contributed by atoms with Crippen molar-refractivity contribution in [1.82, 2.24) is 24.9 Å². The summed E-state index contributed by atoms with van der Waals surface area (Å²) in [5.41, 5.74) is 1.65. The molecule has 32 heavy (non-hydrogen) atoms. The molecule has 4 aromatic rings. The number of fused-ring (bicyclic) bond motifs is 1. The fourth-order valence-electron chi connectivity index (χ4n) is 4.18. The van der Waals surface area contributed by atoms with Crippen LogP contribution in [0.15, 0.2) is 54.7 Å². The van der Waals surface area contributed by atoms with Crippen molar-refractivity contribution >= 4 is 26.6 Å². The van der Waals surface area contributed by atoms with E-state index in [0.717, 1.165) is 11.3 Å². The first kappa shape index (κ1) is 20.4. The van der Waals surface area contributed by atoms with Crippen LogP contribution in [0.1, 0.15) is 17.3 Å². The Morgan fingerprint density at radius 3 is 2.47 bits per heavy atom. The molecule has 10 heteroatoms. The van der Waals surface area contributed by atoms with Gasteiger partial charge in [0.1, 0.15) is 11.5 Å². The maximum Gasteiger partial charge on any atom is 0.251 e. The minimum atomic E-state index is -3.09. The number of rotatable bonds is 4. The largest absolute Gasteiger partial charge is 0.345 e. The minimum Gasteiger partial charge on any atom is -0.345 e. The number of carbonyl (C=O) groups excluding carboxylic acids is 1. The van der Waals surface area contributed by atoms with Gasteiger partial charge in [0, 0.05) is 29.6 Å². The number of benzene rings is 2. The van der Waals surface area contributed by atoms with E-state index < -0.39 is 15.4 Å². The van der Waals surface area contributed by atoms with Crippen LogP contribution in [0, 0.1) is 5.82 Å². The van der Waals surface area contributed by atoms with Gasteiger partial charge in [0.2, 0.25) is 0 Å². The Morgan fingerprint density at radius 1 is 1.12 bits per heavy atom. The van der Waals surface area contributed by atoms with Crippen molar-refractivity contribution in [3.05, 3.63) is 66.1 Å². The molecule has 1 fully saturated rings. The number of carbonyl (C=O) groups is 1. The third kappa shape index (κ3) is 3.46. The molecule has 0 atom stereocenters. The summed E-state index contributed by atoms with van der Waals surface area (Å²) in [5.74, 6) is -0.135. The molecule has 1 saturated heterocycles. The van der Waals surface area contributed by atoms with Crippen LogP contribution < -0.4 is 5.32 Å². The predicted molar refractivity (Wildman–Crippen MR) is 118 cm³/mol. The average molecular weight is 453 g/mol. The van der Waals surface area contributed by atoms with E-state index in [9.17, 15) is 17.6 Å². The smallest absolute Gasteiger partial charge is 0.251 e. The Morgan fingerprint density at radius 2 is 1.84 bits per heavy atom. The highest BCUT2D eigenvalue weighted by Crippen LogP contribution is 2.31. The van der Waals surface area contributed by atoms with E-state index >= 15 is 0 Å². The highest BCUT2D eigenvalue weighted by atomic mass is 32.2. The fraction of sp³-hybridized carbons (Fsp3) is 0.227. The molecule has 0 radical (unpaired) electrons. The van der Waals surface area contributed by atoms with E-state index in [4.69, 9.17) is 5.10 Å². The van der Waals surface area contributed by atoms with Crippen molar-refractivity contribution in [1.29, 1.82) is 0 Å². The van der Waals surface area contributed by atoms with E-state index in [-0.39, 0.29) is 23.2 Å². The number of sulfone groups is 1. The van der Waals surface area contributed by atoms with E-state index in [1.165, 1.54) is 12.1 Å². The number of halogens is 1. The molecule has 1 amide bonds. The molecule has 8 nitrogen and oxygen atoms in total. The first-order valence-electron chi connectivity index (χ1n) is 9.94. The van der Waals surface area contributed by atoms with Crippen molar-refractivity contribution in [2.24, 2.45) is 7.05 Å². The Labute approximate surface area is 183 Å². The lowest BCUT2D eigenvalue weighted by atomic mass is 10.0. The summed E-state index contributed by atoms with van der Waals surface area (Å²) < 4.78 is 40.0. The molecule has 5 rings (SSSR count). The van der Waals surface area contributed by atoms with Crippen molar-refractivity contribution in [2.45, 2.75) is 12.5 Å². The van der Waals surface area contributed by atoms with Gasteiger partial charge in [-0.1, -0.05) is 0 Å². The lowest BCUT2D eigenvalue weighted by Gasteiger charge is -2.38. The first-order chi connectivity index (χ1) is 15.1. The summed E-state index contributed by atoms with van der Waals surface area (Å²) in [6, 6.07) is 13.0. The zero-order chi connectivity index (χ0) is 22.7. The summed E-state index contributed by atoms with van der Waals surface area (Å²) in [5, 5.41) is 12.5. The molecule has 0 spiro atoms. The molecule has 2 aromatic carbocycles. The zero-order valence-corrected chi connectivity index (χ0v) is 18.2. The topological polar surface area (TPSA) is 98.9 Å². The highest BCUT2D eigenvalue weighted by molar-refractivity contribution is 7.93. The molecule has 3 heterocycles. The number of aromatic nitrogens is 4. The van der Waals surface area contributed by atoms with Crippen LogP contribution in [-0.4, -0.2) is 50.9 Å². The SMILES string of the molecule is Cn1nccc1-n1nc(-c2ccc(F)cc2)c2cc(C(=O)NC3(C)CS(=O)(=O)C3)ccc21. The summed E-state index contributed by atoms with van der Waals surface area (Å²) in [7, 11) is -1.29. The number of hydrogen-bond acceptors (Lipinski definition) is 5. The molecule has 0 bridgehead atoms. The van der Waals surface area contributed by atoms with Crippen molar-refractivity contribution in [2.75, 3.05) is 11.5 Å². The monoisotopic (exact) mass is 453 g/mol. The lowest BCUT2D eigenvalue weighted by Crippen LogP contribution is -2.63. The Bertz CT molecular complexity index is 1460. The summed E-state index contributed by atoms with van der Waals surface area (Å²) >= 11 is 0. The molecule has 1 N–H and O–H groups in total. The fourth-order valence-corrected chi connectivity index (χ4v) is 6.18. The van der Waals surface area contributed by atoms with E-state index in [1.807, 2.05) is 6.07 Å². The van der Waals surface area contributed by atoms with Gasteiger partial charge in [0.25, 0.3) is 5.91 Å². The van der Waals surface area contributed by atoms with Crippen LogP contribution >= 0.6 is 0 Å². The number of nitrogens with zero attached hydrogens (tertiary/aromatic N) is 4.